The molecule has 0 aromatic carbocycles. The van der Waals surface area contributed by atoms with E-state index < -0.39 is 0 Å². The number of nitrogens with zero attached hydrogens (tertiary/aromatic N) is 1. The first-order valence-electron chi connectivity index (χ1n) is 3.38. The summed E-state index contributed by atoms with van der Waals surface area (Å²) in [6.45, 7) is 9.98. The van der Waals surface area contributed by atoms with Gasteiger partial charge in [0.25, 0.3) is 0 Å². The van der Waals surface area contributed by atoms with Crippen LogP contribution in [-0.2, 0) is 0 Å². The van der Waals surface area contributed by atoms with Crippen molar-refractivity contribution < 1.29 is 0 Å². The zero-order chi connectivity index (χ0) is 7.82. The Labute approximate surface area is 62.4 Å². The predicted molar refractivity (Wildman–Crippen MR) is 46.1 cm³/mol. The van der Waals surface area contributed by atoms with Crippen LogP contribution < -0.4 is 5.32 Å². The van der Waals surface area contributed by atoms with Crippen molar-refractivity contribution >= 4 is 6.72 Å². The van der Waals surface area contributed by atoms with Gasteiger partial charge in [-0.2, -0.15) is 0 Å². The second-order valence-corrected chi connectivity index (χ2v) is 1.87. The minimum absolute atomic E-state index is 0.789. The standard InChI is InChI=1S/C8H14N2/c1-4-6-8(9-3)10-7-5-2/h4,6,10H,1,3,5,7H2,2H3/b8-6+. The Hall–Kier alpha value is -1.05. The molecule has 1 N–H and O–H groups in total. The van der Waals surface area contributed by atoms with E-state index in [2.05, 4.69) is 30.5 Å². The van der Waals surface area contributed by atoms with Gasteiger partial charge in [0.05, 0.1) is 0 Å². The van der Waals surface area contributed by atoms with Crippen LogP contribution in [0.25, 0.3) is 0 Å². The third-order valence-corrected chi connectivity index (χ3v) is 1.00. The molecule has 0 rings (SSSR count). The summed E-state index contributed by atoms with van der Waals surface area (Å²) in [5.74, 6) is 0.789. The molecule has 2 nitrogen and oxygen atoms in total. The molecule has 2 heteroatoms. The number of allylic oxidation sites excluding steroid dienone is 2. The molecule has 0 bridgehead atoms. The number of hydrogen-bond acceptors (Lipinski definition) is 2. The van der Waals surface area contributed by atoms with Crippen molar-refractivity contribution in [1.82, 2.24) is 5.32 Å². The van der Waals surface area contributed by atoms with Crippen LogP contribution in [-0.4, -0.2) is 13.3 Å². The van der Waals surface area contributed by atoms with Crippen LogP contribution in [0.5, 0.6) is 0 Å². The zero-order valence-corrected chi connectivity index (χ0v) is 6.43. The van der Waals surface area contributed by atoms with Crippen LogP contribution >= 0.6 is 0 Å². The largest absolute Gasteiger partial charge is 0.370 e. The summed E-state index contributed by atoms with van der Waals surface area (Å²) >= 11 is 0. The lowest BCUT2D eigenvalue weighted by molar-refractivity contribution is 0.763. The highest BCUT2D eigenvalue weighted by atomic mass is 15.0. The molecule has 0 spiro atoms. The van der Waals surface area contributed by atoms with E-state index in [4.69, 9.17) is 0 Å². The van der Waals surface area contributed by atoms with E-state index in [9.17, 15) is 0 Å². The van der Waals surface area contributed by atoms with Crippen LogP contribution in [0, 0.1) is 0 Å². The normalized spacial score (nSPS) is 10.7. The van der Waals surface area contributed by atoms with E-state index in [1.165, 1.54) is 0 Å². The van der Waals surface area contributed by atoms with E-state index in [1.807, 2.05) is 0 Å². The van der Waals surface area contributed by atoms with Crippen LogP contribution in [0.2, 0.25) is 0 Å². The molecule has 0 heterocycles. The van der Waals surface area contributed by atoms with E-state index in [0.717, 1.165) is 18.8 Å². The Morgan fingerprint density at radius 1 is 1.70 bits per heavy atom. The molecule has 0 atom stereocenters. The van der Waals surface area contributed by atoms with Gasteiger partial charge < -0.3 is 5.32 Å². The second-order valence-electron chi connectivity index (χ2n) is 1.87. The highest BCUT2D eigenvalue weighted by Gasteiger charge is 1.85. The van der Waals surface area contributed by atoms with Crippen LogP contribution in [0.3, 0.4) is 0 Å². The van der Waals surface area contributed by atoms with Gasteiger partial charge in [-0.05, 0) is 19.2 Å². The zero-order valence-electron chi connectivity index (χ0n) is 6.43. The maximum atomic E-state index is 3.74. The fourth-order valence-corrected chi connectivity index (χ4v) is 0.532. The van der Waals surface area contributed by atoms with Crippen molar-refractivity contribution in [2.75, 3.05) is 6.54 Å². The summed E-state index contributed by atoms with van der Waals surface area (Å²) in [6.07, 6.45) is 4.57. The number of rotatable bonds is 5. The monoisotopic (exact) mass is 138 g/mol. The first kappa shape index (κ1) is 8.95. The molecule has 0 aromatic rings. The lowest BCUT2D eigenvalue weighted by atomic mass is 10.4. The molecule has 0 saturated heterocycles. The summed E-state index contributed by atoms with van der Waals surface area (Å²) in [5.41, 5.74) is 0. The van der Waals surface area contributed by atoms with E-state index in [-0.39, 0.29) is 0 Å². The van der Waals surface area contributed by atoms with Crippen molar-refractivity contribution in [1.29, 1.82) is 0 Å². The van der Waals surface area contributed by atoms with Crippen LogP contribution in [0.4, 0.5) is 0 Å². The molecule has 10 heavy (non-hydrogen) atoms. The third-order valence-electron chi connectivity index (χ3n) is 1.00. The molecule has 0 aliphatic carbocycles. The minimum atomic E-state index is 0.789. The Kier molecular flexibility index (Phi) is 5.44. The smallest absolute Gasteiger partial charge is 0.125 e. The highest BCUT2D eigenvalue weighted by Crippen LogP contribution is 1.89. The molecule has 0 amide bonds. The van der Waals surface area contributed by atoms with Gasteiger partial charge in [-0.3, -0.25) is 0 Å². The van der Waals surface area contributed by atoms with Crippen molar-refractivity contribution in [3.63, 3.8) is 0 Å². The average molecular weight is 138 g/mol. The Balaban J connectivity index is 3.70. The van der Waals surface area contributed by atoms with Gasteiger partial charge in [0.15, 0.2) is 0 Å². The fourth-order valence-electron chi connectivity index (χ4n) is 0.532. The maximum absolute atomic E-state index is 3.74. The Morgan fingerprint density at radius 3 is 2.80 bits per heavy atom. The Bertz CT molecular complexity index is 136. The molecule has 0 radical (unpaired) electrons. The first-order valence-corrected chi connectivity index (χ1v) is 3.38. The van der Waals surface area contributed by atoms with E-state index >= 15 is 0 Å². The van der Waals surface area contributed by atoms with Gasteiger partial charge in [-0.25, -0.2) is 4.99 Å². The molecule has 0 unspecified atom stereocenters. The third kappa shape index (κ3) is 3.89. The molecule has 56 valence electrons. The van der Waals surface area contributed by atoms with Gasteiger partial charge >= 0.3 is 0 Å². The predicted octanol–water partition coefficient (Wildman–Crippen LogP) is 1.71. The number of aliphatic imine (C=N–C) groups is 1. The van der Waals surface area contributed by atoms with Crippen LogP contribution in [0.15, 0.2) is 29.5 Å². The summed E-state index contributed by atoms with van der Waals surface area (Å²) in [6, 6.07) is 0. The Morgan fingerprint density at radius 2 is 2.40 bits per heavy atom. The second kappa shape index (κ2) is 6.08. The van der Waals surface area contributed by atoms with Crippen molar-refractivity contribution in [2.24, 2.45) is 4.99 Å². The van der Waals surface area contributed by atoms with Crippen molar-refractivity contribution in [3.8, 4) is 0 Å². The van der Waals surface area contributed by atoms with E-state index in [0.29, 0.717) is 0 Å². The molecular formula is C8H14N2. The SMILES string of the molecule is C=C/C=C(\N=C)NCCC. The summed E-state index contributed by atoms with van der Waals surface area (Å²) in [5, 5.41) is 3.08. The van der Waals surface area contributed by atoms with Crippen molar-refractivity contribution in [2.45, 2.75) is 13.3 Å². The van der Waals surface area contributed by atoms with Gasteiger partial charge in [0, 0.05) is 6.54 Å². The summed E-state index contributed by atoms with van der Waals surface area (Å²) < 4.78 is 0. The molecule has 0 aliphatic heterocycles. The summed E-state index contributed by atoms with van der Waals surface area (Å²) in [4.78, 5) is 3.74. The topological polar surface area (TPSA) is 24.4 Å². The molecule has 0 fully saturated rings. The minimum Gasteiger partial charge on any atom is -0.370 e. The first-order chi connectivity index (χ1) is 4.85. The summed E-state index contributed by atoms with van der Waals surface area (Å²) in [7, 11) is 0. The van der Waals surface area contributed by atoms with Gasteiger partial charge in [0.2, 0.25) is 0 Å². The number of nitrogens with one attached hydrogen (secondary N) is 1. The number of hydrogen-bond donors (Lipinski definition) is 1. The molecule has 0 saturated carbocycles. The average Bonchev–Trinajstić information content (AvgIpc) is 1.98. The lowest BCUT2D eigenvalue weighted by Crippen LogP contribution is -2.11. The van der Waals surface area contributed by atoms with Crippen LogP contribution in [0.1, 0.15) is 13.3 Å². The van der Waals surface area contributed by atoms with Gasteiger partial charge in [-0.1, -0.05) is 19.6 Å². The molecule has 0 aromatic heterocycles. The van der Waals surface area contributed by atoms with Gasteiger partial charge in [-0.15, -0.1) is 0 Å². The quantitative estimate of drug-likeness (QED) is 0.454. The highest BCUT2D eigenvalue weighted by molar-refractivity contribution is 5.29. The van der Waals surface area contributed by atoms with Gasteiger partial charge in [0.1, 0.15) is 5.82 Å². The maximum Gasteiger partial charge on any atom is 0.125 e. The van der Waals surface area contributed by atoms with Crippen molar-refractivity contribution in [3.05, 3.63) is 24.6 Å². The lowest BCUT2D eigenvalue weighted by Gasteiger charge is -2.01. The molecule has 0 aliphatic rings. The fraction of sp³-hybridized carbons (Fsp3) is 0.375. The molecular weight excluding hydrogens is 124 g/mol. The van der Waals surface area contributed by atoms with E-state index in [1.54, 1.807) is 12.2 Å².